The van der Waals surface area contributed by atoms with Gasteiger partial charge in [0.05, 0.1) is 13.2 Å². The van der Waals surface area contributed by atoms with Crippen LogP contribution in [0.2, 0.25) is 0 Å². The molecule has 2 rings (SSSR count). The average Bonchev–Trinajstić information content (AvgIpc) is 2.89. The van der Waals surface area contributed by atoms with Crippen LogP contribution in [-0.2, 0) is 16.1 Å². The van der Waals surface area contributed by atoms with E-state index in [1.165, 1.54) is 11.1 Å². The first-order valence-electron chi connectivity index (χ1n) is 4.10. The van der Waals surface area contributed by atoms with Crippen molar-refractivity contribution in [1.29, 1.82) is 0 Å². The summed E-state index contributed by atoms with van der Waals surface area (Å²) in [7, 11) is 1.71. The molecule has 0 saturated carbocycles. The number of hydrogen-bond donors (Lipinski definition) is 0. The second-order valence-corrected chi connectivity index (χ2v) is 2.95. The van der Waals surface area contributed by atoms with Crippen molar-refractivity contribution in [2.45, 2.75) is 12.7 Å². The number of rotatable bonds is 3. The molecule has 1 atom stereocenters. The summed E-state index contributed by atoms with van der Waals surface area (Å²) in [5.74, 6) is 0. The minimum Gasteiger partial charge on any atom is -0.380 e. The van der Waals surface area contributed by atoms with E-state index >= 15 is 0 Å². The largest absolute Gasteiger partial charge is 0.380 e. The molecule has 2 heteroatoms. The molecule has 2 nitrogen and oxygen atoms in total. The Hall–Kier alpha value is -0.860. The minimum atomic E-state index is 0.330. The average molecular weight is 164 g/mol. The van der Waals surface area contributed by atoms with Gasteiger partial charge in [-0.1, -0.05) is 24.3 Å². The lowest BCUT2D eigenvalue weighted by atomic mass is 10.1. The molecule has 0 aromatic heterocycles. The van der Waals surface area contributed by atoms with Gasteiger partial charge in [0.2, 0.25) is 0 Å². The molecule has 1 fully saturated rings. The Morgan fingerprint density at radius 1 is 1.50 bits per heavy atom. The predicted molar refractivity (Wildman–Crippen MR) is 45.8 cm³/mol. The summed E-state index contributed by atoms with van der Waals surface area (Å²) in [6.07, 6.45) is 0.330. The molecule has 1 saturated heterocycles. The van der Waals surface area contributed by atoms with Crippen molar-refractivity contribution in [2.24, 2.45) is 0 Å². The zero-order chi connectivity index (χ0) is 8.39. The maximum absolute atomic E-state index is 5.23. The predicted octanol–water partition coefficient (Wildman–Crippen LogP) is 1.90. The van der Waals surface area contributed by atoms with E-state index < -0.39 is 0 Å². The van der Waals surface area contributed by atoms with Crippen molar-refractivity contribution in [3.05, 3.63) is 35.4 Å². The summed E-state index contributed by atoms with van der Waals surface area (Å²) < 4.78 is 10.3. The first kappa shape index (κ1) is 7.77. The van der Waals surface area contributed by atoms with Gasteiger partial charge in [-0.25, -0.2) is 0 Å². The second-order valence-electron chi connectivity index (χ2n) is 2.95. The van der Waals surface area contributed by atoms with Gasteiger partial charge in [-0.2, -0.15) is 0 Å². The summed E-state index contributed by atoms with van der Waals surface area (Å²) in [5, 5.41) is 0. The Kier molecular flexibility index (Phi) is 2.11. The van der Waals surface area contributed by atoms with Crippen LogP contribution in [0.1, 0.15) is 17.2 Å². The summed E-state index contributed by atoms with van der Waals surface area (Å²) in [4.78, 5) is 0. The van der Waals surface area contributed by atoms with Gasteiger partial charge >= 0.3 is 0 Å². The van der Waals surface area contributed by atoms with E-state index in [4.69, 9.17) is 9.47 Å². The number of benzene rings is 1. The number of epoxide rings is 1. The van der Waals surface area contributed by atoms with E-state index in [0.29, 0.717) is 12.7 Å². The van der Waals surface area contributed by atoms with Gasteiger partial charge in [0.25, 0.3) is 0 Å². The van der Waals surface area contributed by atoms with Gasteiger partial charge in [0, 0.05) is 7.11 Å². The lowest BCUT2D eigenvalue weighted by molar-refractivity contribution is 0.183. The maximum atomic E-state index is 5.23. The van der Waals surface area contributed by atoms with Gasteiger partial charge in [-0.05, 0) is 11.1 Å². The van der Waals surface area contributed by atoms with E-state index in [0.717, 1.165) is 6.61 Å². The monoisotopic (exact) mass is 164 g/mol. The van der Waals surface area contributed by atoms with Crippen LogP contribution < -0.4 is 0 Å². The van der Waals surface area contributed by atoms with Crippen molar-refractivity contribution in [1.82, 2.24) is 0 Å². The van der Waals surface area contributed by atoms with Gasteiger partial charge in [0.1, 0.15) is 6.10 Å². The SMILES string of the molecule is COCc1ccccc1C1CO1. The number of hydrogen-bond acceptors (Lipinski definition) is 2. The van der Waals surface area contributed by atoms with Crippen molar-refractivity contribution in [3.63, 3.8) is 0 Å². The lowest BCUT2D eigenvalue weighted by Crippen LogP contribution is -1.93. The van der Waals surface area contributed by atoms with Crippen LogP contribution in [0.3, 0.4) is 0 Å². The molecule has 0 amide bonds. The quantitative estimate of drug-likeness (QED) is 0.636. The lowest BCUT2D eigenvalue weighted by Gasteiger charge is -2.04. The third-order valence-corrected chi connectivity index (χ3v) is 2.04. The van der Waals surface area contributed by atoms with Crippen LogP contribution in [0.25, 0.3) is 0 Å². The van der Waals surface area contributed by atoms with Crippen LogP contribution >= 0.6 is 0 Å². The topological polar surface area (TPSA) is 21.8 Å². The summed E-state index contributed by atoms with van der Waals surface area (Å²) in [6, 6.07) is 8.25. The van der Waals surface area contributed by atoms with Crippen LogP contribution in [0.4, 0.5) is 0 Å². The zero-order valence-corrected chi connectivity index (χ0v) is 7.12. The third-order valence-electron chi connectivity index (χ3n) is 2.04. The molecule has 0 aliphatic carbocycles. The zero-order valence-electron chi connectivity index (χ0n) is 7.12. The molecule has 0 radical (unpaired) electrons. The molecule has 1 aromatic rings. The molecule has 12 heavy (non-hydrogen) atoms. The van der Waals surface area contributed by atoms with Crippen molar-refractivity contribution in [3.8, 4) is 0 Å². The first-order chi connectivity index (χ1) is 5.92. The van der Waals surface area contributed by atoms with E-state index in [-0.39, 0.29) is 0 Å². The molecule has 1 aliphatic rings. The van der Waals surface area contributed by atoms with Crippen LogP contribution in [0.15, 0.2) is 24.3 Å². The molecule has 1 unspecified atom stereocenters. The highest BCUT2D eigenvalue weighted by Gasteiger charge is 2.26. The van der Waals surface area contributed by atoms with Crippen LogP contribution in [0.5, 0.6) is 0 Å². The smallest absolute Gasteiger partial charge is 0.106 e. The highest BCUT2D eigenvalue weighted by molar-refractivity contribution is 5.30. The van der Waals surface area contributed by atoms with E-state index in [2.05, 4.69) is 12.1 Å². The fourth-order valence-electron chi connectivity index (χ4n) is 1.36. The molecular weight excluding hydrogens is 152 g/mol. The van der Waals surface area contributed by atoms with E-state index in [1.807, 2.05) is 12.1 Å². The van der Waals surface area contributed by atoms with Crippen LogP contribution in [0, 0.1) is 0 Å². The Bertz CT molecular complexity index is 266. The molecule has 0 bridgehead atoms. The maximum Gasteiger partial charge on any atom is 0.106 e. The van der Waals surface area contributed by atoms with Crippen LogP contribution in [-0.4, -0.2) is 13.7 Å². The van der Waals surface area contributed by atoms with E-state index in [9.17, 15) is 0 Å². The molecular formula is C10H12O2. The van der Waals surface area contributed by atoms with Gasteiger partial charge in [0.15, 0.2) is 0 Å². The fourth-order valence-corrected chi connectivity index (χ4v) is 1.36. The summed E-state index contributed by atoms with van der Waals surface area (Å²) >= 11 is 0. The molecule has 0 spiro atoms. The van der Waals surface area contributed by atoms with E-state index in [1.54, 1.807) is 7.11 Å². The standard InChI is InChI=1S/C10H12O2/c1-11-6-8-4-2-3-5-9(8)10-7-12-10/h2-5,10H,6-7H2,1H3. The summed E-state index contributed by atoms with van der Waals surface area (Å²) in [6.45, 7) is 1.54. The second kappa shape index (κ2) is 3.25. The molecule has 1 aromatic carbocycles. The number of ether oxygens (including phenoxy) is 2. The minimum absolute atomic E-state index is 0.330. The Balaban J connectivity index is 2.24. The number of methoxy groups -OCH3 is 1. The van der Waals surface area contributed by atoms with Gasteiger partial charge < -0.3 is 9.47 Å². The van der Waals surface area contributed by atoms with Gasteiger partial charge in [-0.15, -0.1) is 0 Å². The van der Waals surface area contributed by atoms with Crippen molar-refractivity contribution < 1.29 is 9.47 Å². The van der Waals surface area contributed by atoms with Gasteiger partial charge in [-0.3, -0.25) is 0 Å². The molecule has 1 heterocycles. The first-order valence-corrected chi connectivity index (χ1v) is 4.10. The Morgan fingerprint density at radius 3 is 2.92 bits per heavy atom. The van der Waals surface area contributed by atoms with Crippen molar-refractivity contribution >= 4 is 0 Å². The molecule has 0 N–H and O–H groups in total. The molecule has 1 aliphatic heterocycles. The van der Waals surface area contributed by atoms with Crippen molar-refractivity contribution in [2.75, 3.05) is 13.7 Å². The normalized spacial score (nSPS) is 20.9. The third kappa shape index (κ3) is 1.49. The Labute approximate surface area is 72.1 Å². The Morgan fingerprint density at radius 2 is 2.25 bits per heavy atom. The highest BCUT2D eigenvalue weighted by Crippen LogP contribution is 2.32. The summed E-state index contributed by atoms with van der Waals surface area (Å²) in [5.41, 5.74) is 2.52. The fraction of sp³-hybridized carbons (Fsp3) is 0.400. The highest BCUT2D eigenvalue weighted by atomic mass is 16.6. The molecule has 64 valence electrons.